The third kappa shape index (κ3) is 7.45. The van der Waals surface area contributed by atoms with E-state index in [1.165, 1.54) is 17.0 Å². The van der Waals surface area contributed by atoms with Gasteiger partial charge in [-0.25, -0.2) is 4.99 Å². The van der Waals surface area contributed by atoms with Crippen molar-refractivity contribution in [2.45, 2.75) is 19.4 Å². The van der Waals surface area contributed by atoms with Gasteiger partial charge in [0.1, 0.15) is 0 Å². The Kier molecular flexibility index (Phi) is 8.99. The number of nitrogens with one attached hydrogen (secondary N) is 2. The molecule has 0 atom stereocenters. The molecule has 140 valence electrons. The SMILES string of the molecule is CSCCCNC(=NCc1ccc([N+](=O)[O-])cc1)NCCc1cccs1. The normalized spacial score (nSPS) is 11.3. The Balaban J connectivity index is 1.89. The van der Waals surface area contributed by atoms with E-state index in [2.05, 4.69) is 39.4 Å². The molecule has 8 heteroatoms. The number of non-ortho nitro benzene ring substituents is 1. The molecule has 26 heavy (non-hydrogen) atoms. The zero-order valence-corrected chi connectivity index (χ0v) is 16.4. The lowest BCUT2D eigenvalue weighted by molar-refractivity contribution is -0.384. The first kappa shape index (κ1) is 20.3. The van der Waals surface area contributed by atoms with E-state index in [1.807, 2.05) is 11.8 Å². The Hall–Kier alpha value is -2.06. The summed E-state index contributed by atoms with van der Waals surface area (Å²) >= 11 is 3.58. The number of aliphatic imine (C=N–C) groups is 1. The fourth-order valence-electron chi connectivity index (χ4n) is 2.25. The molecular weight excluding hydrogens is 368 g/mol. The third-order valence-electron chi connectivity index (χ3n) is 3.63. The van der Waals surface area contributed by atoms with E-state index in [4.69, 9.17) is 0 Å². The summed E-state index contributed by atoms with van der Waals surface area (Å²) in [6.07, 6.45) is 4.13. The fourth-order valence-corrected chi connectivity index (χ4v) is 3.39. The molecule has 0 aliphatic rings. The zero-order valence-electron chi connectivity index (χ0n) is 14.8. The van der Waals surface area contributed by atoms with E-state index >= 15 is 0 Å². The number of hydrogen-bond acceptors (Lipinski definition) is 5. The zero-order chi connectivity index (χ0) is 18.6. The molecule has 0 amide bonds. The first-order valence-electron chi connectivity index (χ1n) is 8.46. The molecule has 2 aromatic rings. The van der Waals surface area contributed by atoms with Gasteiger partial charge in [0.15, 0.2) is 5.96 Å². The van der Waals surface area contributed by atoms with Gasteiger partial charge < -0.3 is 10.6 Å². The highest BCUT2D eigenvalue weighted by Gasteiger charge is 2.04. The fraction of sp³-hybridized carbons (Fsp3) is 0.389. The predicted octanol–water partition coefficient (Wildman–Crippen LogP) is 3.69. The van der Waals surface area contributed by atoms with E-state index in [9.17, 15) is 10.1 Å². The van der Waals surface area contributed by atoms with Gasteiger partial charge in [0.05, 0.1) is 11.5 Å². The molecule has 0 fully saturated rings. The van der Waals surface area contributed by atoms with Crippen LogP contribution in [0.25, 0.3) is 0 Å². The van der Waals surface area contributed by atoms with Gasteiger partial charge in [-0.05, 0) is 41.9 Å². The Labute approximate surface area is 162 Å². The monoisotopic (exact) mass is 392 g/mol. The molecule has 0 saturated carbocycles. The Morgan fingerprint density at radius 2 is 2.00 bits per heavy atom. The lowest BCUT2D eigenvalue weighted by Gasteiger charge is -2.12. The van der Waals surface area contributed by atoms with Crippen molar-refractivity contribution >= 4 is 34.7 Å². The maximum Gasteiger partial charge on any atom is 0.269 e. The number of thiophene rings is 1. The average molecular weight is 393 g/mol. The summed E-state index contributed by atoms with van der Waals surface area (Å²) in [5.41, 5.74) is 1.04. The van der Waals surface area contributed by atoms with Gasteiger partial charge in [-0.1, -0.05) is 18.2 Å². The average Bonchev–Trinajstić information content (AvgIpc) is 3.16. The van der Waals surface area contributed by atoms with Crippen molar-refractivity contribution in [1.82, 2.24) is 10.6 Å². The molecule has 0 spiro atoms. The summed E-state index contributed by atoms with van der Waals surface area (Å²) in [5, 5.41) is 19.5. The summed E-state index contributed by atoms with van der Waals surface area (Å²) in [6, 6.07) is 10.7. The third-order valence-corrected chi connectivity index (χ3v) is 5.26. The lowest BCUT2D eigenvalue weighted by Crippen LogP contribution is -2.39. The highest BCUT2D eigenvalue weighted by Crippen LogP contribution is 2.12. The largest absolute Gasteiger partial charge is 0.356 e. The van der Waals surface area contributed by atoms with Crippen LogP contribution in [0, 0.1) is 10.1 Å². The smallest absolute Gasteiger partial charge is 0.269 e. The molecule has 2 rings (SSSR count). The molecule has 2 N–H and O–H groups in total. The van der Waals surface area contributed by atoms with Crippen LogP contribution in [0.15, 0.2) is 46.8 Å². The van der Waals surface area contributed by atoms with Crippen LogP contribution in [0.3, 0.4) is 0 Å². The summed E-state index contributed by atoms with van der Waals surface area (Å²) in [7, 11) is 0. The van der Waals surface area contributed by atoms with Crippen molar-refractivity contribution in [3.8, 4) is 0 Å². The van der Waals surface area contributed by atoms with Crippen LogP contribution in [0.5, 0.6) is 0 Å². The molecule has 0 aliphatic heterocycles. The standard InChI is InChI=1S/C18H24N4O2S2/c1-25-12-3-10-19-18(20-11-9-17-4-2-13-26-17)21-14-15-5-7-16(8-6-15)22(23)24/h2,4-8,13H,3,9-12,14H2,1H3,(H2,19,20,21). The Morgan fingerprint density at radius 3 is 2.65 bits per heavy atom. The molecule has 0 saturated heterocycles. The maximum absolute atomic E-state index is 10.7. The van der Waals surface area contributed by atoms with E-state index < -0.39 is 4.92 Å². The highest BCUT2D eigenvalue weighted by atomic mass is 32.2. The van der Waals surface area contributed by atoms with Gasteiger partial charge in [0.2, 0.25) is 0 Å². The highest BCUT2D eigenvalue weighted by molar-refractivity contribution is 7.98. The first-order chi connectivity index (χ1) is 12.7. The van der Waals surface area contributed by atoms with Gasteiger partial charge in [-0.2, -0.15) is 11.8 Å². The molecule has 6 nitrogen and oxygen atoms in total. The summed E-state index contributed by atoms with van der Waals surface area (Å²) in [6.45, 7) is 2.16. The second-order valence-electron chi connectivity index (χ2n) is 5.62. The van der Waals surface area contributed by atoms with Crippen LogP contribution < -0.4 is 10.6 Å². The quantitative estimate of drug-likeness (QED) is 0.212. The molecule has 0 aliphatic carbocycles. The van der Waals surface area contributed by atoms with Gasteiger partial charge in [-0.15, -0.1) is 11.3 Å². The number of nitro groups is 1. The predicted molar refractivity (Wildman–Crippen MR) is 111 cm³/mol. The van der Waals surface area contributed by atoms with Crippen molar-refractivity contribution in [3.05, 3.63) is 62.3 Å². The summed E-state index contributed by atoms with van der Waals surface area (Å²) < 4.78 is 0. The molecule has 1 aromatic carbocycles. The van der Waals surface area contributed by atoms with Crippen molar-refractivity contribution in [3.63, 3.8) is 0 Å². The summed E-state index contributed by atoms with van der Waals surface area (Å²) in [5.74, 6) is 1.89. The molecular formula is C18H24N4O2S2. The maximum atomic E-state index is 10.7. The minimum atomic E-state index is -0.391. The van der Waals surface area contributed by atoms with Crippen LogP contribution in [-0.2, 0) is 13.0 Å². The Morgan fingerprint density at radius 1 is 1.23 bits per heavy atom. The van der Waals surface area contributed by atoms with E-state index in [0.717, 1.165) is 43.2 Å². The molecule has 1 aromatic heterocycles. The minimum Gasteiger partial charge on any atom is -0.356 e. The van der Waals surface area contributed by atoms with E-state index in [1.54, 1.807) is 23.5 Å². The topological polar surface area (TPSA) is 79.6 Å². The van der Waals surface area contributed by atoms with Gasteiger partial charge >= 0.3 is 0 Å². The van der Waals surface area contributed by atoms with Crippen molar-refractivity contribution in [2.75, 3.05) is 25.1 Å². The van der Waals surface area contributed by atoms with Gasteiger partial charge in [0, 0.05) is 30.1 Å². The first-order valence-corrected chi connectivity index (χ1v) is 10.7. The van der Waals surface area contributed by atoms with Crippen LogP contribution in [0.1, 0.15) is 16.9 Å². The van der Waals surface area contributed by atoms with Crippen molar-refractivity contribution < 1.29 is 4.92 Å². The number of thioether (sulfide) groups is 1. The number of hydrogen-bond donors (Lipinski definition) is 2. The van der Waals surface area contributed by atoms with Crippen LogP contribution in [-0.4, -0.2) is 36.0 Å². The number of benzene rings is 1. The second kappa shape index (κ2) is 11.5. The van der Waals surface area contributed by atoms with E-state index in [0.29, 0.717) is 6.54 Å². The number of nitro benzene ring substituents is 1. The number of nitrogens with zero attached hydrogens (tertiary/aromatic N) is 2. The van der Waals surface area contributed by atoms with Crippen molar-refractivity contribution in [1.29, 1.82) is 0 Å². The minimum absolute atomic E-state index is 0.0993. The summed E-state index contributed by atoms with van der Waals surface area (Å²) in [4.78, 5) is 16.3. The van der Waals surface area contributed by atoms with Crippen LogP contribution in [0.4, 0.5) is 5.69 Å². The van der Waals surface area contributed by atoms with Gasteiger partial charge in [0.25, 0.3) is 5.69 Å². The van der Waals surface area contributed by atoms with Gasteiger partial charge in [-0.3, -0.25) is 10.1 Å². The van der Waals surface area contributed by atoms with Crippen molar-refractivity contribution in [2.24, 2.45) is 4.99 Å². The van der Waals surface area contributed by atoms with E-state index in [-0.39, 0.29) is 5.69 Å². The molecule has 0 unspecified atom stereocenters. The second-order valence-corrected chi connectivity index (χ2v) is 7.64. The molecule has 0 radical (unpaired) electrons. The number of rotatable bonds is 10. The Bertz CT molecular complexity index is 688. The lowest BCUT2D eigenvalue weighted by atomic mass is 10.2. The molecule has 1 heterocycles. The molecule has 0 bridgehead atoms. The van der Waals surface area contributed by atoms with Crippen LogP contribution >= 0.6 is 23.1 Å². The van der Waals surface area contributed by atoms with Crippen LogP contribution in [0.2, 0.25) is 0 Å². The number of guanidine groups is 1.